The second kappa shape index (κ2) is 12.8. The fourth-order valence-electron chi connectivity index (χ4n) is 7.26. The molecule has 6 nitrogen and oxygen atoms in total. The van der Waals surface area contributed by atoms with Crippen LogP contribution in [0, 0.1) is 19.5 Å². The van der Waals surface area contributed by atoms with Gasteiger partial charge in [-0.3, -0.25) is 4.57 Å². The van der Waals surface area contributed by atoms with E-state index in [2.05, 4.69) is 110 Å². The molecule has 0 atom stereocenters. The maximum Gasteiger partial charge on any atom is 0.177 e. The molecule has 8 rings (SSSR count). The van der Waals surface area contributed by atoms with Crippen LogP contribution < -0.4 is 0 Å². The van der Waals surface area contributed by atoms with Crippen molar-refractivity contribution < 1.29 is 17.0 Å². The monoisotopic (exact) mass is 707 g/mol. The second-order valence-electron chi connectivity index (χ2n) is 15.3. The normalized spacial score (nSPS) is 14.5. The van der Waals surface area contributed by atoms with Crippen LogP contribution in [0.5, 0.6) is 0 Å². The molecular weight excluding hydrogens is 658 g/mol. The summed E-state index contributed by atoms with van der Waals surface area (Å²) in [6.45, 7) is 9.72. The topological polar surface area (TPSA) is 69.6 Å². The Morgan fingerprint density at radius 1 is 0.679 bits per heavy atom. The molecule has 0 aliphatic rings. The van der Waals surface area contributed by atoms with Gasteiger partial charge in [-0.25, -0.2) is 24.3 Å². The average molecular weight is 708 g/mol. The second-order valence-corrected chi connectivity index (χ2v) is 15.3. The summed E-state index contributed by atoms with van der Waals surface area (Å²) in [7, 11) is 0. The predicted octanol–water partition coefficient (Wildman–Crippen LogP) is 12.4. The highest BCUT2D eigenvalue weighted by Gasteiger charge is 2.27. The minimum absolute atomic E-state index is 0.0368. The zero-order valence-electron chi connectivity index (χ0n) is 36.8. The van der Waals surface area contributed by atoms with Gasteiger partial charge < -0.3 is 4.42 Å². The molecular formula is C46H44FN5O. The largest absolute Gasteiger partial charge is 0.452 e. The lowest BCUT2D eigenvalue weighted by molar-refractivity contribution is 0.586. The molecule has 0 saturated heterocycles. The van der Waals surface area contributed by atoms with E-state index in [1.165, 1.54) is 11.6 Å². The molecule has 0 unspecified atom stereocenters. The Kier molecular flexibility index (Phi) is 6.72. The number of para-hydroxylation sites is 3. The van der Waals surface area contributed by atoms with E-state index in [1.54, 1.807) is 6.07 Å². The van der Waals surface area contributed by atoms with Gasteiger partial charge in [0.2, 0.25) is 0 Å². The van der Waals surface area contributed by atoms with E-state index in [-0.39, 0.29) is 28.4 Å². The molecule has 0 aliphatic heterocycles. The van der Waals surface area contributed by atoms with Crippen LogP contribution in [0.2, 0.25) is 0 Å². The van der Waals surface area contributed by atoms with Crippen LogP contribution in [0.3, 0.4) is 0 Å². The smallest absolute Gasteiger partial charge is 0.177 e. The molecule has 53 heavy (non-hydrogen) atoms. The summed E-state index contributed by atoms with van der Waals surface area (Å²) in [4.78, 5) is 16.9. The number of nitrogens with zero attached hydrogens (tertiary/aromatic N) is 5. The van der Waals surface area contributed by atoms with Gasteiger partial charge in [0.15, 0.2) is 17.2 Å². The first-order valence-corrected chi connectivity index (χ1v) is 17.9. The quantitative estimate of drug-likeness (QED) is 0.172. The van der Waals surface area contributed by atoms with Gasteiger partial charge in [0.1, 0.15) is 23.1 Å². The van der Waals surface area contributed by atoms with Crippen molar-refractivity contribution in [2.45, 2.75) is 79.4 Å². The first-order chi connectivity index (χ1) is 27.7. The van der Waals surface area contributed by atoms with Gasteiger partial charge in [0, 0.05) is 19.0 Å². The Bertz CT molecular complexity index is 2860. The number of hydrogen-bond donors (Lipinski definition) is 0. The number of rotatable bonds is 6. The van der Waals surface area contributed by atoms with Gasteiger partial charge in [-0.05, 0) is 101 Å². The van der Waals surface area contributed by atoms with Crippen LogP contribution in [-0.4, -0.2) is 24.5 Å². The molecule has 0 N–H and O–H groups in total. The molecule has 5 aromatic carbocycles. The van der Waals surface area contributed by atoms with E-state index < -0.39 is 37.0 Å². The highest BCUT2D eigenvalue weighted by Crippen LogP contribution is 2.43. The van der Waals surface area contributed by atoms with Crippen molar-refractivity contribution >= 4 is 33.0 Å². The predicted molar refractivity (Wildman–Crippen MR) is 214 cm³/mol. The number of fused-ring (bicyclic) bond motifs is 4. The minimum Gasteiger partial charge on any atom is -0.452 e. The van der Waals surface area contributed by atoms with E-state index in [4.69, 9.17) is 17.6 Å². The zero-order chi connectivity index (χ0) is 42.3. The molecule has 0 spiro atoms. The van der Waals surface area contributed by atoms with Crippen molar-refractivity contribution in [3.8, 4) is 39.6 Å². The summed E-state index contributed by atoms with van der Waals surface area (Å²) < 4.78 is 72.4. The number of halogens is 1. The van der Waals surface area contributed by atoms with E-state index >= 15 is 4.39 Å². The molecule has 7 heteroatoms. The summed E-state index contributed by atoms with van der Waals surface area (Å²) in [6.07, 6.45) is 0. The number of furan rings is 1. The lowest BCUT2D eigenvalue weighted by Crippen LogP contribution is -2.11. The summed E-state index contributed by atoms with van der Waals surface area (Å²) in [6, 6.07) is 30.1. The Hall–Kier alpha value is -5.69. The summed E-state index contributed by atoms with van der Waals surface area (Å²) >= 11 is 0. The molecule has 0 amide bonds. The third kappa shape index (κ3) is 5.88. The number of aromatic nitrogens is 5. The minimum atomic E-state index is -2.86. The average Bonchev–Trinajstić information content (AvgIpc) is 3.76. The van der Waals surface area contributed by atoms with Crippen LogP contribution >= 0.6 is 0 Å². The maximum absolute atomic E-state index is 16.7. The van der Waals surface area contributed by atoms with Crippen LogP contribution in [0.1, 0.15) is 96.9 Å². The first kappa shape index (κ1) is 27.9. The van der Waals surface area contributed by atoms with Gasteiger partial charge in [-0.15, -0.1) is 0 Å². The third-order valence-corrected chi connectivity index (χ3v) is 10.0. The fraction of sp³-hybridized carbons (Fsp3) is 0.261. The zero-order valence-corrected chi connectivity index (χ0v) is 30.8. The molecule has 0 saturated carbocycles. The Morgan fingerprint density at radius 2 is 1.34 bits per heavy atom. The SMILES string of the molecule is [2H]C([2H])([2H])c1nc(-c2ccc3c(oc4c(-c5nc6ccccc6n5-c5c(C(C)C)cc(-c6ccc(C(C)(C)C)cc6)cc5C(C)C)cccc43)c2F)nc(C([2H])([2H])[2H])n1. The lowest BCUT2D eigenvalue weighted by atomic mass is 9.85. The van der Waals surface area contributed by atoms with E-state index in [0.717, 1.165) is 39.0 Å². The first-order valence-electron chi connectivity index (χ1n) is 20.9. The molecule has 8 aromatic rings. The van der Waals surface area contributed by atoms with Crippen molar-refractivity contribution in [3.63, 3.8) is 0 Å². The van der Waals surface area contributed by atoms with Gasteiger partial charge in [0.05, 0.1) is 27.8 Å². The van der Waals surface area contributed by atoms with E-state index in [0.29, 0.717) is 27.7 Å². The number of imidazole rings is 1. The van der Waals surface area contributed by atoms with Gasteiger partial charge >= 0.3 is 0 Å². The van der Waals surface area contributed by atoms with Crippen LogP contribution in [-0.2, 0) is 5.41 Å². The van der Waals surface area contributed by atoms with Crippen molar-refractivity contribution in [3.05, 3.63) is 125 Å². The Labute approximate surface area is 318 Å². The van der Waals surface area contributed by atoms with Crippen LogP contribution in [0.4, 0.5) is 4.39 Å². The van der Waals surface area contributed by atoms with Crippen LogP contribution in [0.15, 0.2) is 95.4 Å². The Balaban J connectivity index is 1.36. The lowest BCUT2D eigenvalue weighted by Gasteiger charge is -2.25. The van der Waals surface area contributed by atoms with Crippen LogP contribution in [0.25, 0.3) is 72.6 Å². The molecule has 266 valence electrons. The summed E-state index contributed by atoms with van der Waals surface area (Å²) in [5.74, 6) is -1.90. The molecule has 0 radical (unpaired) electrons. The third-order valence-electron chi connectivity index (χ3n) is 10.0. The van der Waals surface area contributed by atoms with Crippen molar-refractivity contribution in [2.75, 3.05) is 0 Å². The fourth-order valence-corrected chi connectivity index (χ4v) is 7.26. The van der Waals surface area contributed by atoms with Gasteiger partial charge in [-0.1, -0.05) is 97.0 Å². The van der Waals surface area contributed by atoms with E-state index in [9.17, 15) is 0 Å². The molecule has 0 bridgehead atoms. The molecule has 0 fully saturated rings. The standard InChI is InChI=1S/C46H44FN5O/c1-25(2)36-23-30(29-17-19-31(20-18-29)46(7,8)9)24-37(26(3)4)41(36)52-39-16-11-10-15-38(39)51-45(52)35-14-12-13-32-33-21-22-34(40(47)43(33)53-42(32)35)44-49-27(5)48-28(6)50-44/h10-26H,1-9H3/i5D3,6D3. The highest BCUT2D eigenvalue weighted by molar-refractivity contribution is 6.10. The molecule has 3 heterocycles. The molecule has 0 aliphatic carbocycles. The van der Waals surface area contributed by atoms with Crippen molar-refractivity contribution in [1.82, 2.24) is 24.5 Å². The summed E-state index contributed by atoms with van der Waals surface area (Å²) in [5, 5.41) is 1.09. The maximum atomic E-state index is 16.7. The van der Waals surface area contributed by atoms with Gasteiger partial charge in [-0.2, -0.15) is 0 Å². The van der Waals surface area contributed by atoms with Gasteiger partial charge in [0.25, 0.3) is 0 Å². The molecule has 3 aromatic heterocycles. The van der Waals surface area contributed by atoms with Crippen molar-refractivity contribution in [1.29, 1.82) is 0 Å². The number of benzene rings is 5. The highest BCUT2D eigenvalue weighted by atomic mass is 19.1. The Morgan fingerprint density at radius 3 is 1.98 bits per heavy atom. The van der Waals surface area contributed by atoms with Crippen molar-refractivity contribution in [2.24, 2.45) is 0 Å². The number of hydrogen-bond acceptors (Lipinski definition) is 5. The summed E-state index contributed by atoms with van der Waals surface area (Å²) in [5.41, 5.74) is 9.27. The number of aryl methyl sites for hydroxylation is 2. The van der Waals surface area contributed by atoms with E-state index in [1.807, 2.05) is 36.4 Å².